The summed E-state index contributed by atoms with van der Waals surface area (Å²) in [5, 5.41) is 19.0. The summed E-state index contributed by atoms with van der Waals surface area (Å²) in [6, 6.07) is 27.7. The average molecular weight is 565 g/mol. The molecule has 3 aromatic carbocycles. The molecule has 42 heavy (non-hydrogen) atoms. The molecule has 1 aromatic heterocycles. The maximum Gasteiger partial charge on any atom is 0.348 e. The zero-order valence-corrected chi connectivity index (χ0v) is 23.3. The number of nitriles is 1. The fourth-order valence-electron chi connectivity index (χ4n) is 4.87. The van der Waals surface area contributed by atoms with Crippen LogP contribution in [-0.2, 0) is 17.8 Å². The van der Waals surface area contributed by atoms with Crippen LogP contribution in [0.5, 0.6) is 17.4 Å². The highest BCUT2D eigenvalue weighted by atomic mass is 16.5. The number of carboxylic acids is 1. The Bertz CT molecular complexity index is 1570. The largest absolute Gasteiger partial charge is 0.478 e. The number of benzene rings is 3. The van der Waals surface area contributed by atoms with Gasteiger partial charge in [-0.2, -0.15) is 15.2 Å². The zero-order chi connectivity index (χ0) is 29.5. The molecule has 5 rings (SSSR count). The van der Waals surface area contributed by atoms with Gasteiger partial charge in [0.15, 0.2) is 0 Å². The van der Waals surface area contributed by atoms with E-state index in [9.17, 15) is 9.90 Å². The minimum Gasteiger partial charge on any atom is -0.478 e. The summed E-state index contributed by atoms with van der Waals surface area (Å²) < 4.78 is 11.8. The molecular weight excluding hydrogens is 532 g/mol. The number of hydrogen-bond donors (Lipinski definition) is 2. The third-order valence-corrected chi connectivity index (χ3v) is 7.09. The first-order chi connectivity index (χ1) is 20.3. The van der Waals surface area contributed by atoms with E-state index in [-0.39, 0.29) is 12.4 Å². The summed E-state index contributed by atoms with van der Waals surface area (Å²) in [7, 11) is 0. The standard InChI is InChI=1S/C32H32N6O4/c1-32(30(39)40,42-27-8-3-2-4-9-27)20-23-10-12-26(13-11-23)41-29-19-28(35-31(34)36-29)38-16-14-37(15-17-38)22-25-7-5-6-24(18-25)21-33/h2-13,18-19H,14-17,20,22H2,1H3,(H,39,40)(H2,34,35,36). The average Bonchev–Trinajstić information content (AvgIpc) is 2.99. The Balaban J connectivity index is 1.20. The predicted molar refractivity (Wildman–Crippen MR) is 158 cm³/mol. The van der Waals surface area contributed by atoms with Crippen LogP contribution in [0.1, 0.15) is 23.6 Å². The van der Waals surface area contributed by atoms with E-state index in [1.807, 2.05) is 42.5 Å². The molecule has 1 saturated heterocycles. The van der Waals surface area contributed by atoms with Crippen LogP contribution in [0, 0.1) is 11.3 Å². The van der Waals surface area contributed by atoms with E-state index in [0.29, 0.717) is 28.8 Å². The van der Waals surface area contributed by atoms with E-state index in [4.69, 9.17) is 20.5 Å². The fraction of sp³-hybridized carbons (Fsp3) is 0.250. The van der Waals surface area contributed by atoms with Crippen molar-refractivity contribution < 1.29 is 19.4 Å². The number of aromatic nitrogens is 2. The van der Waals surface area contributed by atoms with E-state index in [1.54, 1.807) is 49.4 Å². The molecule has 0 bridgehead atoms. The fourth-order valence-corrected chi connectivity index (χ4v) is 4.87. The summed E-state index contributed by atoms with van der Waals surface area (Å²) in [5.41, 5.74) is 7.15. The van der Waals surface area contributed by atoms with Crippen LogP contribution < -0.4 is 20.1 Å². The highest BCUT2D eigenvalue weighted by Gasteiger charge is 2.36. The first-order valence-corrected chi connectivity index (χ1v) is 13.6. The van der Waals surface area contributed by atoms with Crippen molar-refractivity contribution in [2.75, 3.05) is 36.8 Å². The van der Waals surface area contributed by atoms with Gasteiger partial charge >= 0.3 is 5.97 Å². The molecule has 10 nitrogen and oxygen atoms in total. The van der Waals surface area contributed by atoms with Crippen LogP contribution in [-0.4, -0.2) is 57.7 Å². The number of para-hydroxylation sites is 1. The minimum absolute atomic E-state index is 0.116. The number of aliphatic carboxylic acids is 1. The lowest BCUT2D eigenvalue weighted by atomic mass is 9.96. The third kappa shape index (κ3) is 7.13. The first-order valence-electron chi connectivity index (χ1n) is 13.6. The van der Waals surface area contributed by atoms with E-state index in [2.05, 4.69) is 25.8 Å². The van der Waals surface area contributed by atoms with Gasteiger partial charge in [-0.15, -0.1) is 0 Å². The van der Waals surface area contributed by atoms with Crippen LogP contribution in [0.2, 0.25) is 0 Å². The summed E-state index contributed by atoms with van der Waals surface area (Å²) in [5.74, 6) is 1.11. The molecule has 1 aliphatic rings. The van der Waals surface area contributed by atoms with Crippen molar-refractivity contribution in [2.45, 2.75) is 25.5 Å². The number of carboxylic acid groups (broad SMARTS) is 1. The van der Waals surface area contributed by atoms with Crippen LogP contribution in [0.15, 0.2) is 84.9 Å². The molecular formula is C32H32N6O4. The molecule has 1 atom stereocenters. The summed E-state index contributed by atoms with van der Waals surface area (Å²) >= 11 is 0. The monoisotopic (exact) mass is 564 g/mol. The van der Waals surface area contributed by atoms with Crippen LogP contribution in [0.4, 0.5) is 11.8 Å². The quantitative estimate of drug-likeness (QED) is 0.283. The third-order valence-electron chi connectivity index (χ3n) is 7.09. The van der Waals surface area contributed by atoms with Gasteiger partial charge in [0.2, 0.25) is 17.4 Å². The topological polar surface area (TPSA) is 138 Å². The lowest BCUT2D eigenvalue weighted by Gasteiger charge is -2.35. The molecule has 1 unspecified atom stereocenters. The Morgan fingerprint density at radius 3 is 2.38 bits per heavy atom. The summed E-state index contributed by atoms with van der Waals surface area (Å²) in [6.07, 6.45) is 0.165. The van der Waals surface area contributed by atoms with E-state index < -0.39 is 11.6 Å². The van der Waals surface area contributed by atoms with Crippen molar-refractivity contribution in [3.8, 4) is 23.4 Å². The van der Waals surface area contributed by atoms with Gasteiger partial charge in [0.1, 0.15) is 17.3 Å². The molecule has 3 N–H and O–H groups in total. The molecule has 0 saturated carbocycles. The maximum absolute atomic E-state index is 12.1. The van der Waals surface area contributed by atoms with E-state index in [0.717, 1.165) is 43.9 Å². The highest BCUT2D eigenvalue weighted by molar-refractivity contribution is 5.78. The number of piperazine rings is 1. The Hall–Kier alpha value is -5.14. The van der Waals surface area contributed by atoms with Crippen molar-refractivity contribution in [3.05, 3.63) is 102 Å². The van der Waals surface area contributed by atoms with Gasteiger partial charge in [-0.1, -0.05) is 42.5 Å². The summed E-state index contributed by atoms with van der Waals surface area (Å²) in [6.45, 7) is 5.53. The van der Waals surface area contributed by atoms with Crippen LogP contribution >= 0.6 is 0 Å². The number of nitrogens with two attached hydrogens (primary N) is 1. The van der Waals surface area contributed by atoms with Gasteiger partial charge in [0.25, 0.3) is 0 Å². The second kappa shape index (κ2) is 12.6. The van der Waals surface area contributed by atoms with Gasteiger partial charge in [-0.05, 0) is 54.4 Å². The smallest absolute Gasteiger partial charge is 0.348 e. The minimum atomic E-state index is -1.44. The first kappa shape index (κ1) is 28.4. The van der Waals surface area contributed by atoms with E-state index in [1.165, 1.54) is 0 Å². The van der Waals surface area contributed by atoms with Gasteiger partial charge in [0.05, 0.1) is 11.6 Å². The molecule has 1 aliphatic heterocycles. The highest BCUT2D eigenvalue weighted by Crippen LogP contribution is 2.27. The number of anilines is 2. The van der Waals surface area contributed by atoms with Crippen molar-refractivity contribution in [3.63, 3.8) is 0 Å². The van der Waals surface area contributed by atoms with Crippen LogP contribution in [0.3, 0.4) is 0 Å². The zero-order valence-electron chi connectivity index (χ0n) is 23.3. The molecule has 0 spiro atoms. The Kier molecular flexibility index (Phi) is 8.50. The molecule has 10 heteroatoms. The lowest BCUT2D eigenvalue weighted by molar-refractivity contribution is -0.153. The Morgan fingerprint density at radius 1 is 0.952 bits per heavy atom. The van der Waals surface area contributed by atoms with Crippen molar-refractivity contribution in [1.82, 2.24) is 14.9 Å². The molecule has 214 valence electrons. The van der Waals surface area contributed by atoms with Gasteiger partial charge < -0.3 is 25.2 Å². The molecule has 0 aliphatic carbocycles. The molecule has 0 radical (unpaired) electrons. The Morgan fingerprint density at radius 2 is 1.69 bits per heavy atom. The molecule has 1 fully saturated rings. The Labute approximate surface area is 244 Å². The van der Waals surface area contributed by atoms with Gasteiger partial charge in [-0.3, -0.25) is 4.90 Å². The number of nitrogen functional groups attached to an aromatic ring is 1. The number of carbonyl (C=O) groups is 1. The molecule has 0 amide bonds. The van der Waals surface area contributed by atoms with Gasteiger partial charge in [-0.25, -0.2) is 4.79 Å². The predicted octanol–water partition coefficient (Wildman–Crippen LogP) is 4.51. The van der Waals surface area contributed by atoms with E-state index >= 15 is 0 Å². The maximum atomic E-state index is 12.1. The SMILES string of the molecule is CC(Cc1ccc(Oc2cc(N3CCN(Cc4cccc(C#N)c4)CC3)nc(N)n2)cc1)(Oc1ccccc1)C(=O)O. The van der Waals surface area contributed by atoms with Crippen LogP contribution in [0.25, 0.3) is 0 Å². The number of nitrogens with zero attached hydrogens (tertiary/aromatic N) is 5. The summed E-state index contributed by atoms with van der Waals surface area (Å²) in [4.78, 5) is 25.2. The second-order valence-electron chi connectivity index (χ2n) is 10.4. The lowest BCUT2D eigenvalue weighted by Crippen LogP contribution is -2.46. The number of rotatable bonds is 10. The normalized spacial score (nSPS) is 14.9. The molecule has 2 heterocycles. The second-order valence-corrected chi connectivity index (χ2v) is 10.4. The van der Waals surface area contributed by atoms with Crippen molar-refractivity contribution >= 4 is 17.7 Å². The number of ether oxygens (including phenoxy) is 2. The number of hydrogen-bond acceptors (Lipinski definition) is 9. The van der Waals surface area contributed by atoms with Crippen molar-refractivity contribution in [2.24, 2.45) is 0 Å². The van der Waals surface area contributed by atoms with Crippen molar-refractivity contribution in [1.29, 1.82) is 5.26 Å². The molecule has 4 aromatic rings. The van der Waals surface area contributed by atoms with Gasteiger partial charge in [0, 0.05) is 45.2 Å².